The maximum absolute atomic E-state index is 5.71. The van der Waals surface area contributed by atoms with Crippen LogP contribution in [0.1, 0.15) is 18.2 Å². The van der Waals surface area contributed by atoms with Crippen LogP contribution in [-0.4, -0.2) is 26.2 Å². The number of hydrogen-bond donors (Lipinski definition) is 1. The number of nitrogens with zero attached hydrogens (tertiary/aromatic N) is 4. The second kappa shape index (κ2) is 7.07. The molecule has 136 valence electrons. The van der Waals surface area contributed by atoms with Crippen molar-refractivity contribution < 1.29 is 4.74 Å². The topological polar surface area (TPSA) is 64.3 Å². The lowest BCUT2D eigenvalue weighted by atomic mass is 10.1. The van der Waals surface area contributed by atoms with Crippen molar-refractivity contribution in [3.8, 4) is 17.1 Å². The fourth-order valence-corrected chi connectivity index (χ4v) is 2.89. The first kappa shape index (κ1) is 17.0. The Labute approximate surface area is 157 Å². The van der Waals surface area contributed by atoms with Crippen LogP contribution in [-0.2, 0) is 0 Å². The van der Waals surface area contributed by atoms with Gasteiger partial charge in [0.15, 0.2) is 5.82 Å². The molecule has 0 saturated carbocycles. The number of anilines is 2. The Morgan fingerprint density at radius 1 is 1.00 bits per heavy atom. The van der Waals surface area contributed by atoms with E-state index in [1.807, 2.05) is 56.3 Å². The van der Waals surface area contributed by atoms with E-state index < -0.39 is 0 Å². The Morgan fingerprint density at radius 3 is 2.56 bits per heavy atom. The molecule has 0 amide bonds. The van der Waals surface area contributed by atoms with Crippen molar-refractivity contribution >= 4 is 17.3 Å². The van der Waals surface area contributed by atoms with Gasteiger partial charge >= 0.3 is 0 Å². The van der Waals surface area contributed by atoms with Crippen molar-refractivity contribution in [2.45, 2.75) is 20.8 Å². The molecule has 1 N–H and O–H groups in total. The largest absolute Gasteiger partial charge is 0.492 e. The van der Waals surface area contributed by atoms with Gasteiger partial charge in [-0.15, -0.1) is 5.10 Å². The first-order valence-electron chi connectivity index (χ1n) is 8.94. The number of nitrogens with one attached hydrogen (secondary N) is 1. The Kier molecular flexibility index (Phi) is 4.46. The minimum absolute atomic E-state index is 0.557. The third kappa shape index (κ3) is 3.46. The minimum atomic E-state index is 0.557. The van der Waals surface area contributed by atoms with E-state index in [0.717, 1.165) is 28.5 Å². The number of fused-ring (bicyclic) bond motifs is 1. The van der Waals surface area contributed by atoms with Crippen LogP contribution in [0.2, 0.25) is 0 Å². The number of rotatable bonds is 5. The van der Waals surface area contributed by atoms with Gasteiger partial charge in [0.2, 0.25) is 0 Å². The van der Waals surface area contributed by atoms with Gasteiger partial charge in [-0.05, 0) is 32.9 Å². The Balaban J connectivity index is 1.78. The van der Waals surface area contributed by atoms with Crippen LogP contribution in [0.5, 0.6) is 5.75 Å². The molecule has 6 nitrogen and oxygen atoms in total. The average Bonchev–Trinajstić information content (AvgIpc) is 3.08. The van der Waals surface area contributed by atoms with E-state index in [4.69, 9.17) is 4.74 Å². The molecule has 0 radical (unpaired) electrons. The summed E-state index contributed by atoms with van der Waals surface area (Å²) in [6.07, 6.45) is 0. The van der Waals surface area contributed by atoms with Crippen LogP contribution in [0.3, 0.4) is 0 Å². The zero-order chi connectivity index (χ0) is 18.8. The van der Waals surface area contributed by atoms with Crippen molar-refractivity contribution in [1.82, 2.24) is 19.6 Å². The Bertz CT molecular complexity index is 1090. The predicted molar refractivity (Wildman–Crippen MR) is 107 cm³/mol. The summed E-state index contributed by atoms with van der Waals surface area (Å²) in [5.41, 5.74) is 3.90. The highest BCUT2D eigenvalue weighted by atomic mass is 16.5. The van der Waals surface area contributed by atoms with Crippen molar-refractivity contribution in [3.05, 3.63) is 65.9 Å². The summed E-state index contributed by atoms with van der Waals surface area (Å²) in [6.45, 7) is 6.57. The summed E-state index contributed by atoms with van der Waals surface area (Å²) in [6, 6.07) is 17.9. The highest BCUT2D eigenvalue weighted by Crippen LogP contribution is 2.28. The molecule has 0 spiro atoms. The highest BCUT2D eigenvalue weighted by molar-refractivity contribution is 5.66. The number of para-hydroxylation sites is 2. The molecule has 4 rings (SSSR count). The lowest BCUT2D eigenvalue weighted by molar-refractivity contribution is 0.342. The van der Waals surface area contributed by atoms with Gasteiger partial charge < -0.3 is 10.1 Å². The van der Waals surface area contributed by atoms with Gasteiger partial charge in [-0.1, -0.05) is 42.0 Å². The molecule has 0 aliphatic heterocycles. The lowest BCUT2D eigenvalue weighted by Crippen LogP contribution is -2.04. The van der Waals surface area contributed by atoms with E-state index in [1.165, 1.54) is 5.56 Å². The first-order chi connectivity index (χ1) is 13.1. The van der Waals surface area contributed by atoms with Gasteiger partial charge in [-0.3, -0.25) is 0 Å². The average molecular weight is 359 g/mol. The maximum atomic E-state index is 5.71. The summed E-state index contributed by atoms with van der Waals surface area (Å²) in [4.78, 5) is 9.12. The zero-order valence-electron chi connectivity index (χ0n) is 15.6. The Morgan fingerprint density at radius 2 is 1.78 bits per heavy atom. The highest BCUT2D eigenvalue weighted by Gasteiger charge is 2.13. The second-order valence-corrected chi connectivity index (χ2v) is 6.35. The number of aryl methyl sites for hydroxylation is 2. The molecule has 0 atom stereocenters. The van der Waals surface area contributed by atoms with Gasteiger partial charge in [0.1, 0.15) is 11.6 Å². The van der Waals surface area contributed by atoms with Crippen LogP contribution >= 0.6 is 0 Å². The van der Waals surface area contributed by atoms with Gasteiger partial charge in [-0.25, -0.2) is 4.98 Å². The van der Waals surface area contributed by atoms with Gasteiger partial charge in [0.25, 0.3) is 5.78 Å². The van der Waals surface area contributed by atoms with Gasteiger partial charge in [0, 0.05) is 17.3 Å². The molecule has 2 aromatic heterocycles. The number of hydrogen-bond acceptors (Lipinski definition) is 5. The van der Waals surface area contributed by atoms with E-state index in [1.54, 1.807) is 4.52 Å². The van der Waals surface area contributed by atoms with Crippen molar-refractivity contribution in [1.29, 1.82) is 0 Å². The van der Waals surface area contributed by atoms with E-state index >= 15 is 0 Å². The summed E-state index contributed by atoms with van der Waals surface area (Å²) >= 11 is 0. The van der Waals surface area contributed by atoms with E-state index in [-0.39, 0.29) is 0 Å². The van der Waals surface area contributed by atoms with E-state index in [9.17, 15) is 0 Å². The van der Waals surface area contributed by atoms with Crippen molar-refractivity contribution in [2.75, 3.05) is 11.9 Å². The van der Waals surface area contributed by atoms with Gasteiger partial charge in [0.05, 0.1) is 12.3 Å². The van der Waals surface area contributed by atoms with Crippen LogP contribution in [0, 0.1) is 13.8 Å². The molecule has 27 heavy (non-hydrogen) atoms. The van der Waals surface area contributed by atoms with Crippen molar-refractivity contribution in [3.63, 3.8) is 0 Å². The third-order valence-electron chi connectivity index (χ3n) is 4.20. The number of aromatic nitrogens is 4. The Hall–Kier alpha value is -3.41. The monoisotopic (exact) mass is 359 g/mol. The van der Waals surface area contributed by atoms with E-state index in [2.05, 4.69) is 39.4 Å². The minimum Gasteiger partial charge on any atom is -0.492 e. The van der Waals surface area contributed by atoms with Crippen LogP contribution < -0.4 is 10.1 Å². The van der Waals surface area contributed by atoms with Crippen LogP contribution in [0.15, 0.2) is 54.6 Å². The quantitative estimate of drug-likeness (QED) is 0.566. The van der Waals surface area contributed by atoms with Crippen molar-refractivity contribution in [2.24, 2.45) is 0 Å². The molecular formula is C21H21N5O. The third-order valence-corrected chi connectivity index (χ3v) is 4.20. The molecule has 0 aliphatic carbocycles. The number of ether oxygens (including phenoxy) is 1. The summed E-state index contributed by atoms with van der Waals surface area (Å²) in [5.74, 6) is 2.79. The standard InChI is InChI=1S/C21H21N5O/c1-4-27-18-8-6-5-7-17(18)23-19-13-15(3)22-21-24-20(25-26(19)21)16-11-9-14(2)10-12-16/h5-13,23H,4H2,1-3H3. The molecule has 0 fully saturated rings. The van der Waals surface area contributed by atoms with Crippen LogP contribution in [0.4, 0.5) is 11.5 Å². The zero-order valence-corrected chi connectivity index (χ0v) is 15.6. The molecule has 0 unspecified atom stereocenters. The molecule has 2 heterocycles. The SMILES string of the molecule is CCOc1ccccc1Nc1cc(C)nc2nc(-c3ccc(C)cc3)nn12. The smallest absolute Gasteiger partial charge is 0.254 e. The molecular weight excluding hydrogens is 338 g/mol. The van der Waals surface area contributed by atoms with Crippen LogP contribution in [0.25, 0.3) is 17.2 Å². The predicted octanol–water partition coefficient (Wildman–Crippen LogP) is 4.55. The second-order valence-electron chi connectivity index (χ2n) is 6.35. The maximum Gasteiger partial charge on any atom is 0.254 e. The fraction of sp³-hybridized carbons (Fsp3) is 0.190. The van der Waals surface area contributed by atoms with Gasteiger partial charge in [-0.2, -0.15) is 9.50 Å². The number of benzene rings is 2. The summed E-state index contributed by atoms with van der Waals surface area (Å²) < 4.78 is 7.44. The first-order valence-corrected chi connectivity index (χ1v) is 8.94. The van der Waals surface area contributed by atoms with E-state index in [0.29, 0.717) is 18.2 Å². The normalized spacial score (nSPS) is 10.9. The lowest BCUT2D eigenvalue weighted by Gasteiger charge is -2.13. The summed E-state index contributed by atoms with van der Waals surface area (Å²) in [5, 5.41) is 8.08. The molecule has 6 heteroatoms. The molecule has 0 bridgehead atoms. The molecule has 0 aliphatic rings. The molecule has 4 aromatic rings. The fourth-order valence-electron chi connectivity index (χ4n) is 2.89. The molecule has 2 aromatic carbocycles. The summed E-state index contributed by atoms with van der Waals surface area (Å²) in [7, 11) is 0. The molecule has 0 saturated heterocycles.